The number of aromatic nitrogens is 4. The minimum absolute atomic E-state index is 0.111. The maximum Gasteiger partial charge on any atom is 0.252 e. The molecule has 0 spiro atoms. The molecule has 0 saturated heterocycles. The first-order chi connectivity index (χ1) is 14.8. The van der Waals surface area contributed by atoms with Crippen LogP contribution < -0.4 is 0 Å². The third-order valence-corrected chi connectivity index (χ3v) is 7.10. The number of benzene rings is 1. The average Bonchev–Trinajstić information content (AvgIpc) is 3.14. The number of rotatable bonds is 3. The van der Waals surface area contributed by atoms with E-state index in [0.29, 0.717) is 0 Å². The van der Waals surface area contributed by atoms with E-state index in [9.17, 15) is 8.78 Å². The zero-order chi connectivity index (χ0) is 22.0. The van der Waals surface area contributed by atoms with Gasteiger partial charge in [-0.3, -0.25) is 5.41 Å². The van der Waals surface area contributed by atoms with Gasteiger partial charge in [0.2, 0.25) is 5.82 Å². The molecule has 8 heteroatoms. The summed E-state index contributed by atoms with van der Waals surface area (Å²) in [7, 11) is 1.41. The van der Waals surface area contributed by atoms with Gasteiger partial charge in [-0.15, -0.1) is 5.10 Å². The molecule has 3 aromatic rings. The van der Waals surface area contributed by atoms with Crippen LogP contribution in [0, 0.1) is 22.5 Å². The molecule has 1 aromatic carbocycles. The van der Waals surface area contributed by atoms with Gasteiger partial charge in [-0.1, -0.05) is 19.9 Å². The molecule has 2 aromatic heterocycles. The van der Waals surface area contributed by atoms with Crippen LogP contribution >= 0.6 is 0 Å². The lowest BCUT2D eigenvalue weighted by Gasteiger charge is -2.37. The molecule has 1 fully saturated rings. The third-order valence-electron chi connectivity index (χ3n) is 7.10. The fourth-order valence-corrected chi connectivity index (χ4v) is 5.55. The second-order valence-electron chi connectivity index (χ2n) is 8.65. The van der Waals surface area contributed by atoms with Gasteiger partial charge in [0.05, 0.1) is 35.2 Å². The molecule has 0 amide bonds. The molecule has 5 rings (SSSR count). The first kappa shape index (κ1) is 19.7. The molecule has 2 bridgehead atoms. The van der Waals surface area contributed by atoms with Gasteiger partial charge in [0.1, 0.15) is 11.6 Å². The largest absolute Gasteiger partial charge is 0.479 e. The number of methoxy groups -OCH3 is 1. The van der Waals surface area contributed by atoms with Crippen LogP contribution in [-0.2, 0) is 10.2 Å². The summed E-state index contributed by atoms with van der Waals surface area (Å²) in [5.74, 6) is -1.08. The number of hydrogen-bond acceptors (Lipinski definition) is 6. The minimum Gasteiger partial charge on any atom is -0.479 e. The second-order valence-corrected chi connectivity index (χ2v) is 8.65. The molecule has 2 aliphatic carbocycles. The molecule has 158 valence electrons. The third kappa shape index (κ3) is 2.50. The lowest BCUT2D eigenvalue weighted by Crippen LogP contribution is -2.38. The van der Waals surface area contributed by atoms with Crippen LogP contribution in [0.25, 0.3) is 11.3 Å². The average molecular weight is 421 g/mol. The van der Waals surface area contributed by atoms with Crippen LogP contribution in [0.1, 0.15) is 55.4 Å². The maximum absolute atomic E-state index is 14.4. The lowest BCUT2D eigenvalue weighted by molar-refractivity contribution is 0.242. The van der Waals surface area contributed by atoms with Crippen LogP contribution in [-0.4, -0.2) is 33.2 Å². The molecular formula is C23H21F2N5O. The predicted octanol–water partition coefficient (Wildman–Crippen LogP) is 4.39. The van der Waals surface area contributed by atoms with Gasteiger partial charge in [-0.05, 0) is 54.0 Å². The van der Waals surface area contributed by atoms with Crippen LogP contribution in [0.15, 0.2) is 36.5 Å². The summed E-state index contributed by atoms with van der Waals surface area (Å²) in [4.78, 5) is 8.81. The Morgan fingerprint density at radius 2 is 1.90 bits per heavy atom. The lowest BCUT2D eigenvalue weighted by atomic mass is 9.66. The van der Waals surface area contributed by atoms with E-state index in [4.69, 9.17) is 10.1 Å². The molecule has 0 radical (unpaired) electrons. The van der Waals surface area contributed by atoms with E-state index in [1.807, 2.05) is 6.07 Å². The van der Waals surface area contributed by atoms with E-state index in [2.05, 4.69) is 34.0 Å². The highest BCUT2D eigenvalue weighted by Crippen LogP contribution is 2.69. The Labute approximate surface area is 178 Å². The standard InChI is InChI=1S/C23H21F2N5O/c1-22(2)13-7-9-23(22,17-8-10-27-21(28-17)20(26)31-3)19-12(13)11-16(29-30-19)18-14(24)5-4-6-15(18)25/h4-6,8,10-11,13,26H,7,9H2,1-3H3/t13-,23-/m0/s1. The fraction of sp³-hybridized carbons (Fsp3) is 0.348. The predicted molar refractivity (Wildman–Crippen MR) is 110 cm³/mol. The highest BCUT2D eigenvalue weighted by Gasteiger charge is 2.65. The summed E-state index contributed by atoms with van der Waals surface area (Å²) >= 11 is 0. The van der Waals surface area contributed by atoms with E-state index in [1.165, 1.54) is 25.3 Å². The van der Waals surface area contributed by atoms with Crippen molar-refractivity contribution >= 4 is 5.90 Å². The Balaban J connectivity index is 1.70. The summed E-state index contributed by atoms with van der Waals surface area (Å²) in [6, 6.07) is 7.39. The molecule has 0 unspecified atom stereocenters. The Morgan fingerprint density at radius 1 is 1.16 bits per heavy atom. The van der Waals surface area contributed by atoms with Gasteiger partial charge < -0.3 is 4.74 Å². The second kappa shape index (κ2) is 6.60. The first-order valence-electron chi connectivity index (χ1n) is 10.1. The summed E-state index contributed by atoms with van der Waals surface area (Å²) in [5.41, 5.74) is 1.73. The molecule has 0 aliphatic heterocycles. The number of hydrogen-bond donors (Lipinski definition) is 1. The smallest absolute Gasteiger partial charge is 0.252 e. The first-order valence-corrected chi connectivity index (χ1v) is 10.1. The van der Waals surface area contributed by atoms with Gasteiger partial charge >= 0.3 is 0 Å². The van der Waals surface area contributed by atoms with E-state index < -0.39 is 17.0 Å². The molecular weight excluding hydrogens is 400 g/mol. The Kier molecular flexibility index (Phi) is 4.19. The van der Waals surface area contributed by atoms with Crippen LogP contribution in [0.4, 0.5) is 8.78 Å². The summed E-state index contributed by atoms with van der Waals surface area (Å²) in [6.45, 7) is 4.33. The van der Waals surface area contributed by atoms with E-state index >= 15 is 0 Å². The Bertz CT molecular complexity index is 1210. The van der Waals surface area contributed by atoms with Crippen molar-refractivity contribution in [2.24, 2.45) is 5.41 Å². The molecule has 6 nitrogen and oxygen atoms in total. The number of nitrogens with one attached hydrogen (secondary N) is 1. The molecule has 1 saturated carbocycles. The number of ether oxygens (including phenoxy) is 1. The van der Waals surface area contributed by atoms with Crippen LogP contribution in [0.3, 0.4) is 0 Å². The zero-order valence-corrected chi connectivity index (χ0v) is 17.4. The van der Waals surface area contributed by atoms with Crippen molar-refractivity contribution in [1.82, 2.24) is 20.2 Å². The Hall–Kier alpha value is -3.29. The summed E-state index contributed by atoms with van der Waals surface area (Å²) < 4.78 is 33.7. The van der Waals surface area contributed by atoms with E-state index in [1.54, 1.807) is 12.3 Å². The molecule has 2 atom stereocenters. The van der Waals surface area contributed by atoms with Gasteiger partial charge in [-0.25, -0.2) is 18.7 Å². The molecule has 2 aliphatic rings. The Morgan fingerprint density at radius 3 is 2.61 bits per heavy atom. The van der Waals surface area contributed by atoms with Crippen LogP contribution in [0.2, 0.25) is 0 Å². The van der Waals surface area contributed by atoms with Gasteiger partial charge in [0.25, 0.3) is 5.90 Å². The highest BCUT2D eigenvalue weighted by atomic mass is 19.1. The summed E-state index contributed by atoms with van der Waals surface area (Å²) in [5, 5.41) is 16.7. The molecule has 2 heterocycles. The van der Waals surface area contributed by atoms with Crippen molar-refractivity contribution in [3.8, 4) is 11.3 Å². The minimum atomic E-state index is -0.662. The van der Waals surface area contributed by atoms with Gasteiger partial charge in [0, 0.05) is 6.20 Å². The van der Waals surface area contributed by atoms with Crippen molar-refractivity contribution in [3.63, 3.8) is 0 Å². The number of halogens is 2. The number of fused-ring (bicyclic) bond motifs is 5. The number of nitrogens with zero attached hydrogens (tertiary/aromatic N) is 4. The SMILES string of the molecule is COC(=N)c1nccc([C@@]23CC[C@@H](c4cc(-c5c(F)cccc5F)nnc42)C3(C)C)n1. The highest BCUT2D eigenvalue weighted by molar-refractivity contribution is 5.87. The normalized spacial score (nSPS) is 22.9. The maximum atomic E-state index is 14.4. The van der Waals surface area contributed by atoms with Crippen LogP contribution in [0.5, 0.6) is 0 Å². The van der Waals surface area contributed by atoms with Crippen molar-refractivity contribution < 1.29 is 13.5 Å². The van der Waals surface area contributed by atoms with Gasteiger partial charge in [0.15, 0.2) is 0 Å². The fourth-order valence-electron chi connectivity index (χ4n) is 5.55. The summed E-state index contributed by atoms with van der Waals surface area (Å²) in [6.07, 6.45) is 3.33. The topological polar surface area (TPSA) is 84.6 Å². The van der Waals surface area contributed by atoms with E-state index in [0.717, 1.165) is 29.8 Å². The zero-order valence-electron chi connectivity index (χ0n) is 17.4. The van der Waals surface area contributed by atoms with Crippen molar-refractivity contribution in [2.45, 2.75) is 38.0 Å². The van der Waals surface area contributed by atoms with Crippen molar-refractivity contribution in [1.29, 1.82) is 5.41 Å². The van der Waals surface area contributed by atoms with Gasteiger partial charge in [-0.2, -0.15) is 5.10 Å². The van der Waals surface area contributed by atoms with Crippen molar-refractivity contribution in [2.75, 3.05) is 7.11 Å². The molecule has 31 heavy (non-hydrogen) atoms. The van der Waals surface area contributed by atoms with E-state index in [-0.39, 0.29) is 34.3 Å². The quantitative estimate of drug-likeness (QED) is 0.501. The monoisotopic (exact) mass is 421 g/mol. The van der Waals surface area contributed by atoms with Crippen molar-refractivity contribution in [3.05, 3.63) is 70.9 Å². The molecule has 1 N–H and O–H groups in total.